The standard InChI is InChI=1S/C21H26BNO5/c1-5-12-8-15-17(21(26)23(4)20(15)25)14-9-16(28-22(27)18(12)14)13-6-10(2)19(24)11(3)7-13/h6-7,14-17,24,27H,5,8-9H2,1-4H3/t14-,15-,16-,17+/m0/s1. The van der Waals surface area contributed by atoms with Crippen molar-refractivity contribution in [3.63, 3.8) is 0 Å². The fraction of sp³-hybridized carbons (Fsp3) is 0.524. The molecule has 0 radical (unpaired) electrons. The van der Waals surface area contributed by atoms with Crippen molar-refractivity contribution in [2.75, 3.05) is 7.05 Å². The quantitative estimate of drug-likeness (QED) is 0.605. The maximum absolute atomic E-state index is 12.8. The molecule has 7 heteroatoms. The number of likely N-dealkylation sites (tertiary alicyclic amines) is 1. The van der Waals surface area contributed by atoms with Crippen molar-refractivity contribution in [3.05, 3.63) is 39.9 Å². The number of phenolic OH excluding ortho intramolecular Hbond substituents is 1. The van der Waals surface area contributed by atoms with E-state index in [0.29, 0.717) is 12.8 Å². The van der Waals surface area contributed by atoms with E-state index in [-0.39, 0.29) is 29.4 Å². The van der Waals surface area contributed by atoms with Crippen molar-refractivity contribution in [2.45, 2.75) is 46.1 Å². The summed E-state index contributed by atoms with van der Waals surface area (Å²) in [4.78, 5) is 26.7. The lowest BCUT2D eigenvalue weighted by molar-refractivity contribution is -0.138. The van der Waals surface area contributed by atoms with Crippen LogP contribution in [0.4, 0.5) is 0 Å². The van der Waals surface area contributed by atoms with Crippen LogP contribution in [0.1, 0.15) is 49.0 Å². The molecule has 1 aliphatic carbocycles. The third kappa shape index (κ3) is 2.71. The van der Waals surface area contributed by atoms with E-state index in [1.807, 2.05) is 32.9 Å². The molecular weight excluding hydrogens is 357 g/mol. The van der Waals surface area contributed by atoms with Gasteiger partial charge in [0.05, 0.1) is 17.9 Å². The van der Waals surface area contributed by atoms with Crippen LogP contribution < -0.4 is 0 Å². The van der Waals surface area contributed by atoms with Crippen molar-refractivity contribution >= 4 is 18.9 Å². The molecule has 2 N–H and O–H groups in total. The van der Waals surface area contributed by atoms with Crippen molar-refractivity contribution < 1.29 is 24.4 Å². The Kier molecular flexibility index (Phi) is 4.63. The average molecular weight is 383 g/mol. The van der Waals surface area contributed by atoms with Crippen LogP contribution in [-0.2, 0) is 14.2 Å². The first-order chi connectivity index (χ1) is 13.2. The Bertz CT molecular complexity index is 872. The molecule has 0 unspecified atom stereocenters. The van der Waals surface area contributed by atoms with Crippen LogP contribution in [0.3, 0.4) is 0 Å². The predicted octanol–water partition coefficient (Wildman–Crippen LogP) is 2.45. The summed E-state index contributed by atoms with van der Waals surface area (Å²) in [5.41, 5.74) is 4.20. The van der Waals surface area contributed by atoms with Crippen LogP contribution >= 0.6 is 0 Å². The monoisotopic (exact) mass is 383 g/mol. The lowest BCUT2D eigenvalue weighted by atomic mass is 9.55. The summed E-state index contributed by atoms with van der Waals surface area (Å²) in [5.74, 6) is -0.992. The molecule has 0 spiro atoms. The second-order valence-electron chi connectivity index (χ2n) is 8.31. The van der Waals surface area contributed by atoms with Crippen LogP contribution in [0.2, 0.25) is 0 Å². The van der Waals surface area contributed by atoms with Crippen LogP contribution in [0.25, 0.3) is 0 Å². The Balaban J connectivity index is 1.76. The van der Waals surface area contributed by atoms with E-state index in [9.17, 15) is 19.7 Å². The third-order valence-corrected chi connectivity index (χ3v) is 6.74. The highest BCUT2D eigenvalue weighted by atomic mass is 16.5. The topological polar surface area (TPSA) is 87.1 Å². The van der Waals surface area contributed by atoms with E-state index in [1.165, 1.54) is 4.90 Å². The maximum Gasteiger partial charge on any atom is 0.487 e. The molecule has 1 aromatic rings. The van der Waals surface area contributed by atoms with Gasteiger partial charge in [0.15, 0.2) is 0 Å². The summed E-state index contributed by atoms with van der Waals surface area (Å²) in [6.07, 6.45) is 1.38. The number of fused-ring (bicyclic) bond motifs is 3. The lowest BCUT2D eigenvalue weighted by Crippen LogP contribution is -2.44. The van der Waals surface area contributed by atoms with Gasteiger partial charge in [-0.3, -0.25) is 14.5 Å². The van der Waals surface area contributed by atoms with E-state index in [0.717, 1.165) is 34.2 Å². The summed E-state index contributed by atoms with van der Waals surface area (Å²) < 4.78 is 5.97. The summed E-state index contributed by atoms with van der Waals surface area (Å²) >= 11 is 0. The molecule has 28 heavy (non-hydrogen) atoms. The summed E-state index contributed by atoms with van der Waals surface area (Å²) in [6.45, 7) is 5.67. The second-order valence-corrected chi connectivity index (χ2v) is 8.31. The number of carbonyl (C=O) groups excluding carboxylic acids is 2. The third-order valence-electron chi connectivity index (χ3n) is 6.74. The molecule has 2 fully saturated rings. The van der Waals surface area contributed by atoms with Crippen molar-refractivity contribution in [1.29, 1.82) is 0 Å². The van der Waals surface area contributed by atoms with E-state index in [2.05, 4.69) is 0 Å². The number of carbonyl (C=O) groups is 2. The average Bonchev–Trinajstić information content (AvgIpc) is 2.89. The number of aromatic hydroxyl groups is 1. The van der Waals surface area contributed by atoms with Gasteiger partial charge < -0.3 is 14.8 Å². The first-order valence-electron chi connectivity index (χ1n) is 9.91. The largest absolute Gasteiger partial charge is 0.507 e. The zero-order chi connectivity index (χ0) is 20.3. The Morgan fingerprint density at radius 3 is 2.43 bits per heavy atom. The van der Waals surface area contributed by atoms with Crippen molar-refractivity contribution in [3.8, 4) is 5.75 Å². The number of rotatable bonds is 2. The number of phenols is 1. The van der Waals surface area contributed by atoms with Gasteiger partial charge in [0, 0.05) is 7.05 Å². The molecule has 0 bridgehead atoms. The smallest absolute Gasteiger partial charge is 0.487 e. The number of aryl methyl sites for hydroxylation is 2. The van der Waals surface area contributed by atoms with Gasteiger partial charge in [-0.15, -0.1) is 0 Å². The van der Waals surface area contributed by atoms with E-state index in [4.69, 9.17) is 4.65 Å². The zero-order valence-corrected chi connectivity index (χ0v) is 16.7. The number of allylic oxidation sites excluding steroid dienone is 2. The van der Waals surface area contributed by atoms with Gasteiger partial charge in [-0.05, 0) is 73.3 Å². The SMILES string of the molecule is CCC1=C2B(O)O[C@H](c3cc(C)c(O)c(C)c3)C[C@H]2[C@H]2C(=O)N(C)C(=O)[C@H]2C1. The van der Waals surface area contributed by atoms with Crippen LogP contribution in [0, 0.1) is 31.6 Å². The number of amides is 2. The molecule has 6 nitrogen and oxygen atoms in total. The van der Waals surface area contributed by atoms with E-state index < -0.39 is 19.1 Å². The summed E-state index contributed by atoms with van der Waals surface area (Å²) in [5, 5.41) is 20.9. The maximum atomic E-state index is 12.8. The minimum Gasteiger partial charge on any atom is -0.507 e. The molecule has 2 heterocycles. The van der Waals surface area contributed by atoms with Gasteiger partial charge in [-0.1, -0.05) is 12.5 Å². The van der Waals surface area contributed by atoms with Gasteiger partial charge in [0.1, 0.15) is 5.75 Å². The number of benzene rings is 1. The Morgan fingerprint density at radius 2 is 1.82 bits per heavy atom. The van der Waals surface area contributed by atoms with E-state index in [1.54, 1.807) is 7.05 Å². The number of hydrogen-bond acceptors (Lipinski definition) is 5. The Labute approximate surface area is 165 Å². The highest BCUT2D eigenvalue weighted by Gasteiger charge is 2.56. The normalized spacial score (nSPS) is 30.0. The molecule has 2 amide bonds. The number of imide groups is 1. The van der Waals surface area contributed by atoms with Gasteiger partial charge in [0.2, 0.25) is 11.8 Å². The van der Waals surface area contributed by atoms with Gasteiger partial charge in [-0.25, -0.2) is 0 Å². The molecule has 4 atom stereocenters. The molecular formula is C21H26BNO5. The Morgan fingerprint density at radius 1 is 1.18 bits per heavy atom. The van der Waals surface area contributed by atoms with E-state index >= 15 is 0 Å². The number of hydrogen-bond donors (Lipinski definition) is 2. The molecule has 2 saturated heterocycles. The molecule has 1 aromatic carbocycles. The molecule has 0 saturated carbocycles. The minimum atomic E-state index is -1.08. The van der Waals surface area contributed by atoms with Crippen molar-refractivity contribution in [2.24, 2.45) is 17.8 Å². The van der Waals surface area contributed by atoms with Crippen LogP contribution in [0.15, 0.2) is 23.2 Å². The fourth-order valence-corrected chi connectivity index (χ4v) is 5.30. The second kappa shape index (κ2) is 6.74. The molecule has 148 valence electrons. The van der Waals surface area contributed by atoms with Gasteiger partial charge in [-0.2, -0.15) is 0 Å². The predicted molar refractivity (Wildman–Crippen MR) is 104 cm³/mol. The molecule has 4 rings (SSSR count). The molecule has 2 aliphatic heterocycles. The van der Waals surface area contributed by atoms with Gasteiger partial charge in [0.25, 0.3) is 0 Å². The number of nitrogens with zero attached hydrogens (tertiary/aromatic N) is 1. The minimum absolute atomic E-state index is 0.117. The first-order valence-corrected chi connectivity index (χ1v) is 9.91. The molecule has 3 aliphatic rings. The van der Waals surface area contributed by atoms with Crippen molar-refractivity contribution in [1.82, 2.24) is 4.90 Å². The lowest BCUT2D eigenvalue weighted by Gasteiger charge is -2.42. The highest BCUT2D eigenvalue weighted by Crippen LogP contribution is 2.51. The zero-order valence-electron chi connectivity index (χ0n) is 16.7. The summed E-state index contributed by atoms with van der Waals surface area (Å²) in [6, 6.07) is 3.73. The highest BCUT2D eigenvalue weighted by molar-refractivity contribution is 6.53. The van der Waals surface area contributed by atoms with Gasteiger partial charge >= 0.3 is 7.12 Å². The molecule has 0 aromatic heterocycles. The fourth-order valence-electron chi connectivity index (χ4n) is 5.30. The Hall–Kier alpha value is -2.12. The summed E-state index contributed by atoms with van der Waals surface area (Å²) in [7, 11) is 0.469. The first kappa shape index (κ1) is 19.2. The van der Waals surface area contributed by atoms with Crippen LogP contribution in [-0.4, -0.2) is 41.0 Å². The van der Waals surface area contributed by atoms with Crippen LogP contribution in [0.5, 0.6) is 5.75 Å².